The Bertz CT molecular complexity index is 291. The van der Waals surface area contributed by atoms with Gasteiger partial charge in [-0.1, -0.05) is 6.92 Å². The van der Waals surface area contributed by atoms with E-state index < -0.39 is 12.2 Å². The van der Waals surface area contributed by atoms with Crippen LogP contribution in [0.3, 0.4) is 0 Å². The standard InChI is InChI=1S/C10H18N2O2S/c1-2-4-12-7-8(6-11-12)10(14)9(13)3-5-15/h6-7,9-10,13-15H,2-5H2,1H3. The quantitative estimate of drug-likeness (QED) is 0.639. The van der Waals surface area contributed by atoms with Gasteiger partial charge >= 0.3 is 0 Å². The van der Waals surface area contributed by atoms with E-state index in [9.17, 15) is 10.2 Å². The van der Waals surface area contributed by atoms with E-state index in [2.05, 4.69) is 24.7 Å². The first kappa shape index (κ1) is 12.5. The Morgan fingerprint density at radius 1 is 1.53 bits per heavy atom. The van der Waals surface area contributed by atoms with Crippen LogP contribution in [0.25, 0.3) is 0 Å². The normalized spacial score (nSPS) is 15.2. The number of hydrogen-bond donors (Lipinski definition) is 3. The first-order chi connectivity index (χ1) is 7.19. The molecule has 0 aromatic carbocycles. The van der Waals surface area contributed by atoms with Crippen LogP contribution in [0.15, 0.2) is 12.4 Å². The van der Waals surface area contributed by atoms with Crippen molar-refractivity contribution in [3.63, 3.8) is 0 Å². The summed E-state index contributed by atoms with van der Waals surface area (Å²) in [7, 11) is 0. The number of nitrogens with zero attached hydrogens (tertiary/aromatic N) is 2. The first-order valence-corrected chi connectivity index (χ1v) is 5.81. The van der Waals surface area contributed by atoms with E-state index >= 15 is 0 Å². The average Bonchev–Trinajstić information content (AvgIpc) is 2.66. The molecule has 0 aliphatic carbocycles. The van der Waals surface area contributed by atoms with Crippen molar-refractivity contribution in [1.29, 1.82) is 0 Å². The molecule has 2 atom stereocenters. The summed E-state index contributed by atoms with van der Waals surface area (Å²) < 4.78 is 1.77. The van der Waals surface area contributed by atoms with E-state index in [0.717, 1.165) is 13.0 Å². The number of aliphatic hydroxyl groups excluding tert-OH is 2. The third-order valence-corrected chi connectivity index (χ3v) is 2.49. The third kappa shape index (κ3) is 3.52. The summed E-state index contributed by atoms with van der Waals surface area (Å²) >= 11 is 4.01. The minimum atomic E-state index is -0.859. The van der Waals surface area contributed by atoms with Gasteiger partial charge in [0, 0.05) is 18.3 Å². The van der Waals surface area contributed by atoms with Crippen LogP contribution < -0.4 is 0 Å². The summed E-state index contributed by atoms with van der Waals surface area (Å²) in [6, 6.07) is 0. The van der Waals surface area contributed by atoms with Gasteiger partial charge in [0.1, 0.15) is 6.10 Å². The van der Waals surface area contributed by atoms with Crippen molar-refractivity contribution in [2.24, 2.45) is 0 Å². The van der Waals surface area contributed by atoms with Crippen molar-refractivity contribution in [3.8, 4) is 0 Å². The summed E-state index contributed by atoms with van der Waals surface area (Å²) in [5, 5.41) is 23.4. The molecule has 0 aliphatic rings. The van der Waals surface area contributed by atoms with Crippen molar-refractivity contribution in [1.82, 2.24) is 9.78 Å². The molecule has 0 bridgehead atoms. The van der Waals surface area contributed by atoms with Crippen molar-refractivity contribution in [2.75, 3.05) is 5.75 Å². The van der Waals surface area contributed by atoms with Crippen LogP contribution in [0.1, 0.15) is 31.4 Å². The summed E-state index contributed by atoms with van der Waals surface area (Å²) in [4.78, 5) is 0. The van der Waals surface area contributed by atoms with Gasteiger partial charge in [-0.15, -0.1) is 0 Å². The van der Waals surface area contributed by atoms with Gasteiger partial charge < -0.3 is 10.2 Å². The second kappa shape index (κ2) is 6.15. The first-order valence-electron chi connectivity index (χ1n) is 5.18. The zero-order chi connectivity index (χ0) is 11.3. The Morgan fingerprint density at radius 2 is 2.27 bits per heavy atom. The smallest absolute Gasteiger partial charge is 0.108 e. The SMILES string of the molecule is CCCn1cc(C(O)C(O)CCS)cn1. The molecule has 0 aliphatic heterocycles. The summed E-state index contributed by atoms with van der Waals surface area (Å²) in [6.07, 6.45) is 3.22. The molecule has 1 aromatic rings. The van der Waals surface area contributed by atoms with Gasteiger partial charge in [-0.3, -0.25) is 4.68 Å². The fourth-order valence-corrected chi connectivity index (χ4v) is 1.66. The molecular weight excluding hydrogens is 212 g/mol. The van der Waals surface area contributed by atoms with E-state index in [0.29, 0.717) is 17.7 Å². The van der Waals surface area contributed by atoms with Crippen LogP contribution >= 0.6 is 12.6 Å². The molecule has 15 heavy (non-hydrogen) atoms. The van der Waals surface area contributed by atoms with Crippen LogP contribution in [0.4, 0.5) is 0 Å². The summed E-state index contributed by atoms with van der Waals surface area (Å²) in [5.41, 5.74) is 0.665. The lowest BCUT2D eigenvalue weighted by molar-refractivity contribution is 0.0172. The molecule has 0 fully saturated rings. The highest BCUT2D eigenvalue weighted by Gasteiger charge is 2.18. The minimum Gasteiger partial charge on any atom is -0.390 e. The number of thiol groups is 1. The van der Waals surface area contributed by atoms with Crippen LogP contribution in [0.2, 0.25) is 0 Å². The van der Waals surface area contributed by atoms with Gasteiger partial charge in [0.25, 0.3) is 0 Å². The summed E-state index contributed by atoms with van der Waals surface area (Å²) in [6.45, 7) is 2.89. The third-order valence-electron chi connectivity index (χ3n) is 2.24. The van der Waals surface area contributed by atoms with E-state index in [-0.39, 0.29) is 0 Å². The fourth-order valence-electron chi connectivity index (χ4n) is 1.40. The van der Waals surface area contributed by atoms with Gasteiger partial charge in [0.15, 0.2) is 0 Å². The number of hydrogen-bond acceptors (Lipinski definition) is 4. The van der Waals surface area contributed by atoms with E-state index in [1.54, 1.807) is 17.1 Å². The lowest BCUT2D eigenvalue weighted by Gasteiger charge is -2.14. The molecule has 2 unspecified atom stereocenters. The molecule has 1 heterocycles. The van der Waals surface area contributed by atoms with E-state index in [1.165, 1.54) is 0 Å². The molecule has 0 saturated heterocycles. The molecule has 0 saturated carbocycles. The molecular formula is C10H18N2O2S. The molecule has 1 rings (SSSR count). The highest BCUT2D eigenvalue weighted by atomic mass is 32.1. The molecule has 5 heteroatoms. The lowest BCUT2D eigenvalue weighted by atomic mass is 10.1. The zero-order valence-corrected chi connectivity index (χ0v) is 9.77. The van der Waals surface area contributed by atoms with Crippen molar-refractivity contribution in [3.05, 3.63) is 18.0 Å². The second-order valence-corrected chi connectivity index (χ2v) is 4.01. The second-order valence-electron chi connectivity index (χ2n) is 3.56. The number of aliphatic hydroxyl groups is 2. The highest BCUT2D eigenvalue weighted by Crippen LogP contribution is 2.18. The molecule has 0 spiro atoms. The van der Waals surface area contributed by atoms with Crippen molar-refractivity contribution >= 4 is 12.6 Å². The minimum absolute atomic E-state index is 0.475. The Hall–Kier alpha value is -0.520. The fraction of sp³-hybridized carbons (Fsp3) is 0.700. The maximum absolute atomic E-state index is 9.76. The Labute approximate surface area is 95.3 Å². The Morgan fingerprint density at radius 3 is 2.87 bits per heavy atom. The maximum atomic E-state index is 9.76. The summed E-state index contributed by atoms with van der Waals surface area (Å²) in [5.74, 6) is 0.557. The van der Waals surface area contributed by atoms with E-state index in [4.69, 9.17) is 0 Å². The number of rotatable bonds is 6. The Balaban J connectivity index is 2.60. The molecule has 2 N–H and O–H groups in total. The van der Waals surface area contributed by atoms with Crippen molar-refractivity contribution in [2.45, 2.75) is 38.5 Å². The molecule has 1 aromatic heterocycles. The van der Waals surface area contributed by atoms with Crippen LogP contribution in [-0.4, -0.2) is 31.9 Å². The molecule has 4 nitrogen and oxygen atoms in total. The number of aryl methyl sites for hydroxylation is 1. The Kier molecular flexibility index (Phi) is 5.14. The van der Waals surface area contributed by atoms with Gasteiger partial charge in [-0.2, -0.15) is 17.7 Å². The number of aromatic nitrogens is 2. The molecule has 0 amide bonds. The maximum Gasteiger partial charge on any atom is 0.108 e. The van der Waals surface area contributed by atoms with E-state index in [1.807, 2.05) is 0 Å². The predicted octanol–water partition coefficient (Wildman–Crippen LogP) is 1.01. The van der Waals surface area contributed by atoms with Gasteiger partial charge in [0.05, 0.1) is 12.3 Å². The predicted molar refractivity (Wildman–Crippen MR) is 62.0 cm³/mol. The van der Waals surface area contributed by atoms with Crippen LogP contribution in [-0.2, 0) is 6.54 Å². The topological polar surface area (TPSA) is 58.3 Å². The van der Waals surface area contributed by atoms with Crippen LogP contribution in [0, 0.1) is 0 Å². The monoisotopic (exact) mass is 230 g/mol. The molecule has 0 radical (unpaired) electrons. The zero-order valence-electron chi connectivity index (χ0n) is 8.87. The molecule has 86 valence electrons. The van der Waals surface area contributed by atoms with Crippen molar-refractivity contribution < 1.29 is 10.2 Å². The average molecular weight is 230 g/mol. The van der Waals surface area contributed by atoms with Crippen LogP contribution in [0.5, 0.6) is 0 Å². The van der Waals surface area contributed by atoms with Gasteiger partial charge in [0.2, 0.25) is 0 Å². The largest absolute Gasteiger partial charge is 0.390 e. The van der Waals surface area contributed by atoms with Gasteiger partial charge in [-0.05, 0) is 18.6 Å². The highest BCUT2D eigenvalue weighted by molar-refractivity contribution is 7.80. The van der Waals surface area contributed by atoms with Gasteiger partial charge in [-0.25, -0.2) is 0 Å². The lowest BCUT2D eigenvalue weighted by Crippen LogP contribution is -2.18.